The van der Waals surface area contributed by atoms with Crippen molar-refractivity contribution in [3.63, 3.8) is 0 Å². The van der Waals surface area contributed by atoms with Crippen LogP contribution < -0.4 is 5.32 Å². The number of ketones is 1. The summed E-state index contributed by atoms with van der Waals surface area (Å²) >= 11 is 6.27. The molecule has 4 rings (SSSR count). The third-order valence-corrected chi connectivity index (χ3v) is 5.58. The van der Waals surface area contributed by atoms with E-state index in [0.29, 0.717) is 22.7 Å². The number of halogens is 3. The number of hydrogen-bond acceptors (Lipinski definition) is 2. The molecule has 1 N–H and O–H groups in total. The van der Waals surface area contributed by atoms with Gasteiger partial charge in [0.2, 0.25) is 5.91 Å². The number of allylic oxidation sites excluding steroid dienone is 2. The Morgan fingerprint density at radius 1 is 0.926 bits per heavy atom. The maximum atomic E-state index is 14.3. The Labute approximate surface area is 160 Å². The number of hydrogen-bond donors (Lipinski definition) is 1. The van der Waals surface area contributed by atoms with Crippen LogP contribution in [0.3, 0.4) is 0 Å². The van der Waals surface area contributed by atoms with Gasteiger partial charge in [-0.2, -0.15) is 0 Å². The van der Waals surface area contributed by atoms with Crippen LogP contribution in [0.1, 0.15) is 42.2 Å². The third kappa shape index (κ3) is 3.16. The maximum Gasteiger partial charge on any atom is 0.225 e. The van der Waals surface area contributed by atoms with E-state index in [1.165, 1.54) is 12.1 Å². The van der Waals surface area contributed by atoms with Crippen molar-refractivity contribution in [2.45, 2.75) is 31.1 Å². The number of nitrogens with one attached hydrogen (secondary N) is 1. The SMILES string of the molecule is O=C1C[C@H](c2cccc(F)c2F)C2=C(C[C@@H](c3ccccc3Cl)CC2=O)N1. The molecule has 2 aromatic carbocycles. The van der Waals surface area contributed by atoms with Gasteiger partial charge >= 0.3 is 0 Å². The zero-order chi connectivity index (χ0) is 19.1. The number of carbonyl (C=O) groups is 2. The molecule has 0 saturated carbocycles. The Balaban J connectivity index is 1.77. The van der Waals surface area contributed by atoms with Gasteiger partial charge in [-0.25, -0.2) is 8.78 Å². The van der Waals surface area contributed by atoms with Crippen molar-refractivity contribution in [2.75, 3.05) is 0 Å². The lowest BCUT2D eigenvalue weighted by atomic mass is 9.73. The lowest BCUT2D eigenvalue weighted by Gasteiger charge is -2.34. The van der Waals surface area contributed by atoms with Gasteiger partial charge in [0.05, 0.1) is 0 Å². The van der Waals surface area contributed by atoms with E-state index >= 15 is 0 Å². The van der Waals surface area contributed by atoms with Gasteiger partial charge in [-0.3, -0.25) is 9.59 Å². The summed E-state index contributed by atoms with van der Waals surface area (Å²) in [5, 5.41) is 3.33. The summed E-state index contributed by atoms with van der Waals surface area (Å²) in [6.07, 6.45) is 0.553. The summed E-state index contributed by atoms with van der Waals surface area (Å²) < 4.78 is 28.0. The van der Waals surface area contributed by atoms with Gasteiger partial charge in [-0.1, -0.05) is 41.9 Å². The van der Waals surface area contributed by atoms with Gasteiger partial charge in [-0.15, -0.1) is 0 Å². The van der Waals surface area contributed by atoms with E-state index < -0.39 is 17.6 Å². The highest BCUT2D eigenvalue weighted by molar-refractivity contribution is 6.31. The van der Waals surface area contributed by atoms with Crippen LogP contribution in [0.2, 0.25) is 5.02 Å². The topological polar surface area (TPSA) is 46.2 Å². The Morgan fingerprint density at radius 3 is 2.44 bits per heavy atom. The molecule has 0 radical (unpaired) electrons. The maximum absolute atomic E-state index is 14.3. The van der Waals surface area contributed by atoms with Crippen molar-refractivity contribution < 1.29 is 18.4 Å². The van der Waals surface area contributed by atoms with Crippen molar-refractivity contribution in [3.05, 3.63) is 81.5 Å². The molecule has 1 amide bonds. The lowest BCUT2D eigenvalue weighted by molar-refractivity contribution is -0.122. The first kappa shape index (κ1) is 17.9. The second-order valence-corrected chi connectivity index (χ2v) is 7.30. The van der Waals surface area contributed by atoms with E-state index in [0.717, 1.165) is 11.6 Å². The lowest BCUT2D eigenvalue weighted by Crippen LogP contribution is -2.38. The van der Waals surface area contributed by atoms with Crippen molar-refractivity contribution in [1.29, 1.82) is 0 Å². The molecule has 2 aromatic rings. The molecule has 1 heterocycles. The molecule has 138 valence electrons. The molecule has 0 unspecified atom stereocenters. The van der Waals surface area contributed by atoms with Gasteiger partial charge < -0.3 is 5.32 Å². The molecule has 2 atom stereocenters. The van der Waals surface area contributed by atoms with Gasteiger partial charge in [0, 0.05) is 35.1 Å². The van der Waals surface area contributed by atoms with Crippen LogP contribution in [0.4, 0.5) is 8.78 Å². The smallest absolute Gasteiger partial charge is 0.225 e. The molecule has 3 nitrogen and oxygen atoms in total. The number of carbonyl (C=O) groups excluding carboxylic acids is 2. The van der Waals surface area contributed by atoms with Gasteiger partial charge in [-0.05, 0) is 35.6 Å². The Hall–Kier alpha value is -2.53. The molecular weight excluding hydrogens is 372 g/mol. The van der Waals surface area contributed by atoms with Crippen LogP contribution in [0.25, 0.3) is 0 Å². The standard InChI is InChI=1S/C21H16ClF2NO2/c22-15-6-2-1-4-12(15)11-8-17-20(18(26)9-11)14(10-19(27)25-17)13-5-3-7-16(23)21(13)24/h1-7,11,14H,8-10H2,(H,25,27)/t11-,14-/m1/s1. The quantitative estimate of drug-likeness (QED) is 0.817. The minimum Gasteiger partial charge on any atom is -0.329 e. The van der Waals surface area contributed by atoms with E-state index in [-0.39, 0.29) is 36.0 Å². The van der Waals surface area contributed by atoms with E-state index in [2.05, 4.69) is 5.32 Å². The average Bonchev–Trinajstić information content (AvgIpc) is 2.63. The Bertz CT molecular complexity index is 986. The van der Waals surface area contributed by atoms with Crippen LogP contribution in [0.15, 0.2) is 53.7 Å². The molecule has 1 aliphatic heterocycles. The molecule has 2 aliphatic rings. The largest absolute Gasteiger partial charge is 0.329 e. The summed E-state index contributed by atoms with van der Waals surface area (Å²) in [5.41, 5.74) is 1.75. The van der Waals surface area contributed by atoms with Gasteiger partial charge in [0.15, 0.2) is 17.4 Å². The van der Waals surface area contributed by atoms with Crippen LogP contribution >= 0.6 is 11.6 Å². The second kappa shape index (κ2) is 6.89. The first-order valence-electron chi connectivity index (χ1n) is 8.70. The molecule has 27 heavy (non-hydrogen) atoms. The van der Waals surface area contributed by atoms with E-state index in [4.69, 9.17) is 11.6 Å². The Kier molecular flexibility index (Phi) is 4.56. The molecule has 0 fully saturated rings. The number of amides is 1. The molecule has 0 saturated heterocycles. The van der Waals surface area contributed by atoms with Gasteiger partial charge in [0.1, 0.15) is 0 Å². The van der Waals surface area contributed by atoms with Crippen molar-refractivity contribution in [2.24, 2.45) is 0 Å². The highest BCUT2D eigenvalue weighted by atomic mass is 35.5. The third-order valence-electron chi connectivity index (χ3n) is 5.24. The zero-order valence-electron chi connectivity index (χ0n) is 14.3. The zero-order valence-corrected chi connectivity index (χ0v) is 15.0. The van der Waals surface area contributed by atoms with Gasteiger partial charge in [0.25, 0.3) is 0 Å². The molecule has 0 spiro atoms. The average molecular weight is 388 g/mol. The monoisotopic (exact) mass is 387 g/mol. The van der Waals surface area contributed by atoms with Crippen LogP contribution in [0, 0.1) is 11.6 Å². The summed E-state index contributed by atoms with van der Waals surface area (Å²) in [4.78, 5) is 25.2. The van der Waals surface area contributed by atoms with E-state index in [1.54, 1.807) is 6.07 Å². The van der Waals surface area contributed by atoms with Crippen molar-refractivity contribution >= 4 is 23.3 Å². The molecule has 0 bridgehead atoms. The molecule has 0 aromatic heterocycles. The Morgan fingerprint density at radius 2 is 1.67 bits per heavy atom. The summed E-state index contributed by atoms with van der Waals surface area (Å²) in [7, 11) is 0. The van der Waals surface area contributed by atoms with Crippen molar-refractivity contribution in [1.82, 2.24) is 5.32 Å². The molecule has 6 heteroatoms. The predicted octanol–water partition coefficient (Wildman–Crippen LogP) is 4.62. The highest BCUT2D eigenvalue weighted by Crippen LogP contribution is 2.44. The van der Waals surface area contributed by atoms with E-state index in [1.807, 2.05) is 18.2 Å². The fraction of sp³-hybridized carbons (Fsp3) is 0.238. The van der Waals surface area contributed by atoms with Crippen LogP contribution in [-0.4, -0.2) is 11.7 Å². The fourth-order valence-corrected chi connectivity index (χ4v) is 4.33. The minimum absolute atomic E-state index is 0.0434. The second-order valence-electron chi connectivity index (χ2n) is 6.89. The van der Waals surface area contributed by atoms with E-state index in [9.17, 15) is 18.4 Å². The van der Waals surface area contributed by atoms with Crippen molar-refractivity contribution in [3.8, 4) is 0 Å². The summed E-state index contributed by atoms with van der Waals surface area (Å²) in [6, 6.07) is 11.1. The molecule has 1 aliphatic carbocycles. The first-order chi connectivity index (χ1) is 13.0. The van der Waals surface area contributed by atoms with Crippen LogP contribution in [-0.2, 0) is 9.59 Å². The number of Topliss-reactive ketones (excluding diaryl/α,β-unsaturated/α-hetero) is 1. The summed E-state index contributed by atoms with van der Waals surface area (Å²) in [6.45, 7) is 0. The number of rotatable bonds is 2. The highest BCUT2D eigenvalue weighted by Gasteiger charge is 2.39. The molecular formula is C21H16ClF2NO2. The predicted molar refractivity (Wildman–Crippen MR) is 97.3 cm³/mol. The summed E-state index contributed by atoms with van der Waals surface area (Å²) in [5.74, 6) is -3.42. The first-order valence-corrected chi connectivity index (χ1v) is 9.08. The number of benzene rings is 2. The minimum atomic E-state index is -1.01. The normalized spacial score (nSPS) is 22.5. The fourth-order valence-electron chi connectivity index (χ4n) is 4.04. The van der Waals surface area contributed by atoms with Crippen LogP contribution in [0.5, 0.6) is 0 Å².